The first-order valence-corrected chi connectivity index (χ1v) is 7.57. The van der Waals surface area contributed by atoms with E-state index in [1.807, 2.05) is 13.8 Å². The lowest BCUT2D eigenvalue weighted by Gasteiger charge is -2.29. The Labute approximate surface area is 121 Å². The van der Waals surface area contributed by atoms with Crippen molar-refractivity contribution >= 4 is 5.91 Å². The molecule has 0 spiro atoms. The van der Waals surface area contributed by atoms with E-state index in [0.29, 0.717) is 12.5 Å². The van der Waals surface area contributed by atoms with E-state index in [9.17, 15) is 4.79 Å². The average Bonchev–Trinajstić information content (AvgIpc) is 2.45. The van der Waals surface area contributed by atoms with Crippen LogP contribution in [0, 0.1) is 5.92 Å². The molecule has 110 valence electrons. The minimum Gasteiger partial charge on any atom is -0.354 e. The zero-order valence-corrected chi connectivity index (χ0v) is 12.6. The summed E-state index contributed by atoms with van der Waals surface area (Å²) in [7, 11) is 0. The predicted molar refractivity (Wildman–Crippen MR) is 82.4 cm³/mol. The topological polar surface area (TPSA) is 55.1 Å². The highest BCUT2D eigenvalue weighted by molar-refractivity contribution is 5.78. The molecule has 1 aliphatic rings. The summed E-state index contributed by atoms with van der Waals surface area (Å²) in [6.45, 7) is 4.41. The second-order valence-corrected chi connectivity index (χ2v) is 6.67. The minimum atomic E-state index is -0.336. The van der Waals surface area contributed by atoms with Crippen molar-refractivity contribution in [1.82, 2.24) is 5.32 Å². The Morgan fingerprint density at radius 2 is 1.80 bits per heavy atom. The van der Waals surface area contributed by atoms with Crippen molar-refractivity contribution in [3.8, 4) is 0 Å². The van der Waals surface area contributed by atoms with E-state index in [4.69, 9.17) is 5.73 Å². The molecular formula is C17H26N2O. The fourth-order valence-electron chi connectivity index (χ4n) is 2.87. The van der Waals surface area contributed by atoms with Crippen LogP contribution in [-0.4, -0.2) is 18.0 Å². The Hall–Kier alpha value is -1.35. The molecule has 3 heteroatoms. The van der Waals surface area contributed by atoms with Gasteiger partial charge in [-0.2, -0.15) is 0 Å². The Bertz CT molecular complexity index is 428. The number of carbonyl (C=O) groups is 1. The fraction of sp³-hybridized carbons (Fsp3) is 0.588. The van der Waals surface area contributed by atoms with Crippen LogP contribution in [-0.2, 0) is 4.79 Å². The Kier molecular flexibility index (Phi) is 4.81. The second kappa shape index (κ2) is 6.40. The minimum absolute atomic E-state index is 0.164. The van der Waals surface area contributed by atoms with Gasteiger partial charge in [0.05, 0.1) is 0 Å². The van der Waals surface area contributed by atoms with Gasteiger partial charge in [0.25, 0.3) is 0 Å². The Morgan fingerprint density at radius 3 is 2.35 bits per heavy atom. The standard InChI is InChI=1S/C17H26N2O/c1-17(2,18)12-19-16(20)15-10-8-14(9-11-15)13-6-4-3-5-7-13/h3-7,14-15H,8-12,18H2,1-2H3,(H,19,20). The molecule has 0 unspecified atom stereocenters. The van der Waals surface area contributed by atoms with Crippen molar-refractivity contribution in [2.75, 3.05) is 6.54 Å². The SMILES string of the molecule is CC(C)(N)CNC(=O)C1CCC(c2ccccc2)CC1. The van der Waals surface area contributed by atoms with Crippen molar-refractivity contribution in [2.24, 2.45) is 11.7 Å². The first kappa shape index (κ1) is 15.0. The van der Waals surface area contributed by atoms with Gasteiger partial charge in [0.1, 0.15) is 0 Å². The zero-order chi connectivity index (χ0) is 14.6. The monoisotopic (exact) mass is 274 g/mol. The summed E-state index contributed by atoms with van der Waals surface area (Å²) in [6, 6.07) is 10.6. The van der Waals surface area contributed by atoms with Gasteiger partial charge in [0.2, 0.25) is 5.91 Å². The summed E-state index contributed by atoms with van der Waals surface area (Å²) in [6.07, 6.45) is 4.18. The molecule has 3 nitrogen and oxygen atoms in total. The van der Waals surface area contributed by atoms with Gasteiger partial charge in [-0.3, -0.25) is 4.79 Å². The molecule has 1 fully saturated rings. The molecule has 1 amide bonds. The third-order valence-electron chi connectivity index (χ3n) is 4.09. The first-order valence-electron chi connectivity index (χ1n) is 7.57. The average molecular weight is 274 g/mol. The highest BCUT2D eigenvalue weighted by atomic mass is 16.1. The fourth-order valence-corrected chi connectivity index (χ4v) is 2.87. The van der Waals surface area contributed by atoms with Crippen LogP contribution in [0.2, 0.25) is 0 Å². The molecule has 0 atom stereocenters. The van der Waals surface area contributed by atoms with Crippen molar-refractivity contribution in [3.63, 3.8) is 0 Å². The van der Waals surface area contributed by atoms with Crippen LogP contribution in [0.5, 0.6) is 0 Å². The molecule has 20 heavy (non-hydrogen) atoms. The first-order chi connectivity index (χ1) is 9.46. The third kappa shape index (κ3) is 4.34. The van der Waals surface area contributed by atoms with Crippen molar-refractivity contribution in [3.05, 3.63) is 35.9 Å². The molecule has 0 aliphatic heterocycles. The van der Waals surface area contributed by atoms with Gasteiger partial charge in [0, 0.05) is 18.0 Å². The van der Waals surface area contributed by atoms with Gasteiger partial charge in [-0.25, -0.2) is 0 Å². The van der Waals surface area contributed by atoms with Crippen LogP contribution in [0.4, 0.5) is 0 Å². The molecular weight excluding hydrogens is 248 g/mol. The van der Waals surface area contributed by atoms with E-state index < -0.39 is 0 Å². The van der Waals surface area contributed by atoms with E-state index in [1.54, 1.807) is 0 Å². The van der Waals surface area contributed by atoms with Gasteiger partial charge in [-0.1, -0.05) is 30.3 Å². The Balaban J connectivity index is 1.81. The lowest BCUT2D eigenvalue weighted by Crippen LogP contribution is -2.46. The van der Waals surface area contributed by atoms with Gasteiger partial charge >= 0.3 is 0 Å². The summed E-state index contributed by atoms with van der Waals surface area (Å²) in [5.74, 6) is 0.957. The van der Waals surface area contributed by atoms with Gasteiger partial charge in [-0.15, -0.1) is 0 Å². The van der Waals surface area contributed by atoms with Crippen LogP contribution in [0.3, 0.4) is 0 Å². The maximum Gasteiger partial charge on any atom is 0.223 e. The number of nitrogens with two attached hydrogens (primary N) is 1. The summed E-state index contributed by atoms with van der Waals surface area (Å²) in [5.41, 5.74) is 6.97. The van der Waals surface area contributed by atoms with Crippen LogP contribution >= 0.6 is 0 Å². The van der Waals surface area contributed by atoms with E-state index in [2.05, 4.69) is 35.6 Å². The van der Waals surface area contributed by atoms with E-state index >= 15 is 0 Å². The van der Waals surface area contributed by atoms with Crippen molar-refractivity contribution in [2.45, 2.75) is 51.0 Å². The molecule has 1 aliphatic carbocycles. The molecule has 2 rings (SSSR count). The Morgan fingerprint density at radius 1 is 1.20 bits per heavy atom. The maximum atomic E-state index is 12.1. The highest BCUT2D eigenvalue weighted by Crippen LogP contribution is 2.35. The van der Waals surface area contributed by atoms with E-state index in [0.717, 1.165) is 25.7 Å². The number of carbonyl (C=O) groups excluding carboxylic acids is 1. The lowest BCUT2D eigenvalue weighted by molar-refractivity contribution is -0.126. The molecule has 0 radical (unpaired) electrons. The smallest absolute Gasteiger partial charge is 0.223 e. The van der Waals surface area contributed by atoms with Crippen LogP contribution < -0.4 is 11.1 Å². The second-order valence-electron chi connectivity index (χ2n) is 6.67. The summed E-state index contributed by atoms with van der Waals surface area (Å²) >= 11 is 0. The van der Waals surface area contributed by atoms with Gasteiger partial charge in [0.15, 0.2) is 0 Å². The third-order valence-corrected chi connectivity index (χ3v) is 4.09. The van der Waals surface area contributed by atoms with Gasteiger partial charge in [-0.05, 0) is 51.0 Å². The largest absolute Gasteiger partial charge is 0.354 e. The number of rotatable bonds is 4. The molecule has 1 aromatic rings. The maximum absolute atomic E-state index is 12.1. The molecule has 0 bridgehead atoms. The normalized spacial score (nSPS) is 23.4. The highest BCUT2D eigenvalue weighted by Gasteiger charge is 2.27. The molecule has 1 saturated carbocycles. The number of benzene rings is 1. The predicted octanol–water partition coefficient (Wildman–Crippen LogP) is 2.81. The zero-order valence-electron chi connectivity index (χ0n) is 12.6. The molecule has 0 heterocycles. The number of nitrogens with one attached hydrogen (secondary N) is 1. The summed E-state index contributed by atoms with van der Waals surface area (Å²) < 4.78 is 0. The number of amides is 1. The van der Waals surface area contributed by atoms with Crippen LogP contribution in [0.25, 0.3) is 0 Å². The number of hydrogen-bond acceptors (Lipinski definition) is 2. The summed E-state index contributed by atoms with van der Waals surface area (Å²) in [5, 5.41) is 2.98. The lowest BCUT2D eigenvalue weighted by atomic mass is 9.78. The quantitative estimate of drug-likeness (QED) is 0.887. The van der Waals surface area contributed by atoms with Crippen LogP contribution in [0.15, 0.2) is 30.3 Å². The van der Waals surface area contributed by atoms with E-state index in [-0.39, 0.29) is 17.4 Å². The van der Waals surface area contributed by atoms with Gasteiger partial charge < -0.3 is 11.1 Å². The molecule has 0 saturated heterocycles. The molecule has 3 N–H and O–H groups in total. The van der Waals surface area contributed by atoms with Crippen molar-refractivity contribution in [1.29, 1.82) is 0 Å². The molecule has 1 aromatic carbocycles. The number of hydrogen-bond donors (Lipinski definition) is 2. The summed E-state index contributed by atoms with van der Waals surface area (Å²) in [4.78, 5) is 12.1. The van der Waals surface area contributed by atoms with Crippen molar-refractivity contribution < 1.29 is 4.79 Å². The van der Waals surface area contributed by atoms with E-state index in [1.165, 1.54) is 5.56 Å². The molecule has 0 aromatic heterocycles. The van der Waals surface area contributed by atoms with Crippen LogP contribution in [0.1, 0.15) is 51.0 Å².